The Hall–Kier alpha value is -4.44. The van der Waals surface area contributed by atoms with Crippen molar-refractivity contribution >= 4 is 36.4 Å². The van der Waals surface area contributed by atoms with Crippen LogP contribution >= 0.6 is 0 Å². The molecule has 3 aliphatic heterocycles. The molecule has 3 aliphatic rings. The van der Waals surface area contributed by atoms with Gasteiger partial charge in [0.05, 0.1) is 39.6 Å². The minimum absolute atomic E-state index is 0.0239. The number of benzene rings is 4. The average Bonchev–Trinajstić information content (AvgIpc) is 3.16. The third kappa shape index (κ3) is 6.47. The fraction of sp³-hybridized carbons (Fsp3) is 0.381. The van der Waals surface area contributed by atoms with Gasteiger partial charge in [0.25, 0.3) is 0 Å². The summed E-state index contributed by atoms with van der Waals surface area (Å²) >= 11 is 0. The van der Waals surface area contributed by atoms with Gasteiger partial charge in [-0.25, -0.2) is 0 Å². The van der Waals surface area contributed by atoms with Crippen molar-refractivity contribution in [1.29, 1.82) is 0 Å². The normalized spacial score (nSPS) is 22.0. The Balaban J connectivity index is 1.25. The molecule has 266 valence electrons. The van der Waals surface area contributed by atoms with E-state index in [9.17, 15) is 14.7 Å². The molecule has 0 saturated heterocycles. The Kier molecular flexibility index (Phi) is 9.80. The molecule has 1 unspecified atom stereocenters. The van der Waals surface area contributed by atoms with E-state index in [1.165, 1.54) is 10.8 Å². The molecule has 0 fully saturated rings. The van der Waals surface area contributed by atoms with Gasteiger partial charge in [-0.2, -0.15) is 0 Å². The van der Waals surface area contributed by atoms with Crippen LogP contribution in [-0.4, -0.2) is 62.9 Å². The monoisotopic (exact) mass is 704 g/mol. The van der Waals surface area contributed by atoms with Crippen molar-refractivity contribution in [1.82, 2.24) is 4.90 Å². The van der Waals surface area contributed by atoms with Crippen LogP contribution in [0.4, 0.5) is 11.4 Å². The van der Waals surface area contributed by atoms with Gasteiger partial charge in [-0.1, -0.05) is 79.8 Å². The van der Waals surface area contributed by atoms with Crippen molar-refractivity contribution in [2.45, 2.75) is 76.0 Å². The highest BCUT2D eigenvalue weighted by Gasteiger charge is 2.49. The maximum Gasteiger partial charge on any atom is 0.231 e. The van der Waals surface area contributed by atoms with Gasteiger partial charge in [0, 0.05) is 49.2 Å². The number of ether oxygens (including phenoxy) is 3. The summed E-state index contributed by atoms with van der Waals surface area (Å²) in [4.78, 5) is 31.6. The molecule has 51 heavy (non-hydrogen) atoms. The summed E-state index contributed by atoms with van der Waals surface area (Å²) in [5, 5.41) is 11.7. The summed E-state index contributed by atoms with van der Waals surface area (Å²) in [6.45, 7) is 7.17. The topological polar surface area (TPSA) is 88.5 Å². The van der Waals surface area contributed by atoms with E-state index < -0.39 is 8.07 Å². The Bertz CT molecular complexity index is 1910. The van der Waals surface area contributed by atoms with E-state index in [1.807, 2.05) is 70.5 Å². The van der Waals surface area contributed by atoms with Gasteiger partial charge in [-0.15, -0.1) is 0 Å². The van der Waals surface area contributed by atoms with Crippen LogP contribution in [-0.2, 0) is 33.7 Å². The Morgan fingerprint density at radius 3 is 2.35 bits per heavy atom. The first kappa shape index (κ1) is 35.0. The second-order valence-corrected chi connectivity index (χ2v) is 19.5. The summed E-state index contributed by atoms with van der Waals surface area (Å²) in [5.41, 5.74) is 5.94. The van der Waals surface area contributed by atoms with Crippen molar-refractivity contribution in [2.24, 2.45) is 5.92 Å². The molecule has 0 saturated carbocycles. The number of aliphatic hydroxyl groups is 1. The first-order valence-electron chi connectivity index (χ1n) is 18.0. The van der Waals surface area contributed by atoms with E-state index in [2.05, 4.69) is 50.3 Å². The number of para-hydroxylation sites is 1. The Morgan fingerprint density at radius 1 is 0.941 bits per heavy atom. The number of methoxy groups -OCH3 is 2. The average molecular weight is 705 g/mol. The first-order chi connectivity index (χ1) is 24.6. The lowest BCUT2D eigenvalue weighted by Gasteiger charge is -2.46. The van der Waals surface area contributed by atoms with Gasteiger partial charge in [0.2, 0.25) is 11.8 Å². The maximum atomic E-state index is 14.6. The van der Waals surface area contributed by atoms with Crippen LogP contribution in [0.5, 0.6) is 11.5 Å². The fourth-order valence-corrected chi connectivity index (χ4v) is 11.9. The molecule has 3 heterocycles. The molecule has 7 rings (SSSR count). The minimum Gasteiger partial charge on any atom is -0.497 e. The number of anilines is 2. The number of hydrogen-bond donors (Lipinski definition) is 1. The summed E-state index contributed by atoms with van der Waals surface area (Å²) in [7, 11) is 0.939. The van der Waals surface area contributed by atoms with Gasteiger partial charge < -0.3 is 24.2 Å². The van der Waals surface area contributed by atoms with Crippen LogP contribution in [0.15, 0.2) is 91.0 Å². The molecule has 2 amide bonds. The fourth-order valence-electron chi connectivity index (χ4n) is 8.58. The second-order valence-electron chi connectivity index (χ2n) is 14.8. The molecule has 8 nitrogen and oxygen atoms in total. The highest BCUT2D eigenvalue weighted by Crippen LogP contribution is 2.49. The first-order valence-corrected chi connectivity index (χ1v) is 21.1. The predicted molar refractivity (Wildman–Crippen MR) is 202 cm³/mol. The van der Waals surface area contributed by atoms with Crippen molar-refractivity contribution in [3.63, 3.8) is 0 Å². The molecule has 4 aromatic rings. The number of nitrogens with zero attached hydrogens (tertiary/aromatic N) is 2. The number of hydrogen-bond acceptors (Lipinski definition) is 6. The zero-order valence-corrected chi connectivity index (χ0v) is 31.2. The van der Waals surface area contributed by atoms with E-state index in [-0.39, 0.29) is 54.6 Å². The van der Waals surface area contributed by atoms with Crippen molar-refractivity contribution in [3.05, 3.63) is 113 Å². The summed E-state index contributed by atoms with van der Waals surface area (Å²) < 4.78 is 18.8. The maximum absolute atomic E-state index is 14.6. The van der Waals surface area contributed by atoms with E-state index in [0.717, 1.165) is 40.2 Å². The van der Waals surface area contributed by atoms with E-state index in [0.29, 0.717) is 25.1 Å². The zero-order valence-electron chi connectivity index (χ0n) is 30.2. The highest BCUT2D eigenvalue weighted by molar-refractivity contribution is 6.91. The lowest BCUT2D eigenvalue weighted by molar-refractivity contribution is -0.136. The Morgan fingerprint density at radius 2 is 1.65 bits per heavy atom. The third-order valence-corrected chi connectivity index (χ3v) is 15.8. The van der Waals surface area contributed by atoms with E-state index in [1.54, 1.807) is 14.2 Å². The van der Waals surface area contributed by atoms with Crippen molar-refractivity contribution in [2.75, 3.05) is 25.7 Å². The number of rotatable bonds is 9. The molecular formula is C42H48N2O6Si. The van der Waals surface area contributed by atoms with Gasteiger partial charge in [-0.05, 0) is 65.9 Å². The SMILES string of the molecule is COc1ccc([Si](C)(C)C(CC(=O)N2Cc3ccccc3C[C@H]2CO)[C@@H]2Oc3ccc(N4C(=O)CCc5ccccc54)cc3[C@H](OC)[C@H]2C)cc1. The van der Waals surface area contributed by atoms with Crippen molar-refractivity contribution in [3.8, 4) is 11.5 Å². The van der Waals surface area contributed by atoms with Crippen LogP contribution in [0.1, 0.15) is 48.1 Å². The van der Waals surface area contributed by atoms with Crippen LogP contribution < -0.4 is 19.6 Å². The lowest BCUT2D eigenvalue weighted by atomic mass is 9.85. The Labute approximate surface area is 302 Å². The van der Waals surface area contributed by atoms with Crippen LogP contribution in [0.3, 0.4) is 0 Å². The number of carbonyl (C=O) groups excluding carboxylic acids is 2. The molecule has 4 aromatic carbocycles. The van der Waals surface area contributed by atoms with Gasteiger partial charge in [0.1, 0.15) is 17.6 Å². The van der Waals surface area contributed by atoms with Crippen LogP contribution in [0, 0.1) is 5.92 Å². The number of fused-ring (bicyclic) bond motifs is 3. The summed E-state index contributed by atoms with van der Waals surface area (Å²) in [5.74, 6) is 1.48. The standard InChI is InChI=1S/C42H48N2O6Si/c1-27-41(49-3)35-23-31(44-36-13-9-8-10-28(36)14-21-39(44)46)15-20-37(35)50-42(27)38(51(4,5)34-18-16-33(48-2)17-19-34)24-40(47)43-25-30-12-7-6-11-29(30)22-32(43)26-45/h6-13,15-20,23,27,32,38,41-42,45H,14,21-22,24-26H2,1-5H3/t27-,32+,38?,41-,42-/m1/s1. The van der Waals surface area contributed by atoms with Gasteiger partial charge >= 0.3 is 0 Å². The third-order valence-electron chi connectivity index (χ3n) is 11.6. The molecule has 0 aromatic heterocycles. The minimum atomic E-state index is -2.45. The smallest absolute Gasteiger partial charge is 0.231 e. The van der Waals surface area contributed by atoms with Crippen molar-refractivity contribution < 1.29 is 28.9 Å². The second kappa shape index (κ2) is 14.3. The van der Waals surface area contributed by atoms with Gasteiger partial charge in [-0.3, -0.25) is 14.5 Å². The predicted octanol–water partition coefficient (Wildman–Crippen LogP) is 6.71. The molecule has 0 radical (unpaired) electrons. The van der Waals surface area contributed by atoms with E-state index >= 15 is 0 Å². The number of amides is 2. The van der Waals surface area contributed by atoms with Gasteiger partial charge in [0.15, 0.2) is 0 Å². The molecule has 0 bridgehead atoms. The number of aryl methyl sites for hydroxylation is 1. The lowest BCUT2D eigenvalue weighted by Crippen LogP contribution is -2.56. The molecule has 1 N–H and O–H groups in total. The quantitative estimate of drug-likeness (QED) is 0.195. The van der Waals surface area contributed by atoms with Crippen LogP contribution in [0.25, 0.3) is 0 Å². The number of carbonyl (C=O) groups is 2. The molecular weight excluding hydrogens is 657 g/mol. The van der Waals surface area contributed by atoms with E-state index in [4.69, 9.17) is 14.2 Å². The molecule has 0 aliphatic carbocycles. The molecule has 5 atom stereocenters. The summed E-state index contributed by atoms with van der Waals surface area (Å²) in [6, 6.07) is 30.2. The molecule has 0 spiro atoms. The zero-order chi connectivity index (χ0) is 35.9. The number of aliphatic hydroxyl groups excluding tert-OH is 1. The van der Waals surface area contributed by atoms with Crippen LogP contribution in [0.2, 0.25) is 18.6 Å². The largest absolute Gasteiger partial charge is 0.497 e. The highest BCUT2D eigenvalue weighted by atomic mass is 28.3. The molecule has 9 heteroatoms. The summed E-state index contributed by atoms with van der Waals surface area (Å²) in [6.07, 6.45) is 1.45.